The van der Waals surface area contributed by atoms with Crippen molar-refractivity contribution < 1.29 is 0 Å². The first-order chi connectivity index (χ1) is 8.36. The van der Waals surface area contributed by atoms with Crippen LogP contribution in [-0.2, 0) is 12.8 Å². The van der Waals surface area contributed by atoms with Gasteiger partial charge in [0.2, 0.25) is 0 Å². The van der Waals surface area contributed by atoms with E-state index in [2.05, 4.69) is 41.2 Å². The molecule has 0 bridgehead atoms. The van der Waals surface area contributed by atoms with Gasteiger partial charge in [0.25, 0.3) is 0 Å². The molecule has 17 heavy (non-hydrogen) atoms. The standard InChI is InChI=1S/C14H17N3/c1-11-13-7-9-15-10-8-14(13)17(16-11)12-5-3-2-4-6-12/h2-6,15H,7-10H2,1H3. The number of benzene rings is 1. The summed E-state index contributed by atoms with van der Waals surface area (Å²) in [4.78, 5) is 0. The van der Waals surface area contributed by atoms with Crippen LogP contribution in [0.3, 0.4) is 0 Å². The minimum Gasteiger partial charge on any atom is -0.316 e. The van der Waals surface area contributed by atoms with Gasteiger partial charge in [-0.1, -0.05) is 18.2 Å². The number of rotatable bonds is 1. The molecular formula is C14H17N3. The number of hydrogen-bond donors (Lipinski definition) is 1. The van der Waals surface area contributed by atoms with Gasteiger partial charge in [0, 0.05) is 18.7 Å². The van der Waals surface area contributed by atoms with E-state index in [0.717, 1.165) is 25.9 Å². The first kappa shape index (κ1) is 10.5. The molecule has 0 atom stereocenters. The highest BCUT2D eigenvalue weighted by atomic mass is 15.3. The van der Waals surface area contributed by atoms with E-state index in [0.29, 0.717) is 0 Å². The highest BCUT2D eigenvalue weighted by Gasteiger charge is 2.17. The summed E-state index contributed by atoms with van der Waals surface area (Å²) in [7, 11) is 0. The lowest BCUT2D eigenvalue weighted by Gasteiger charge is -2.06. The zero-order valence-electron chi connectivity index (χ0n) is 10.1. The molecule has 1 aromatic carbocycles. The Morgan fingerprint density at radius 1 is 1.12 bits per heavy atom. The predicted molar refractivity (Wildman–Crippen MR) is 68.6 cm³/mol. The molecule has 2 aromatic rings. The van der Waals surface area contributed by atoms with Crippen LogP contribution in [0.5, 0.6) is 0 Å². The van der Waals surface area contributed by atoms with Crippen molar-refractivity contribution in [2.75, 3.05) is 13.1 Å². The predicted octanol–water partition coefficient (Wildman–Crippen LogP) is 1.87. The summed E-state index contributed by atoms with van der Waals surface area (Å²) in [5, 5.41) is 8.14. The zero-order chi connectivity index (χ0) is 11.7. The normalized spacial score (nSPS) is 15.4. The molecule has 0 fully saturated rings. The summed E-state index contributed by atoms with van der Waals surface area (Å²) in [6, 6.07) is 10.4. The van der Waals surface area contributed by atoms with Crippen LogP contribution in [0, 0.1) is 6.92 Å². The Morgan fingerprint density at radius 3 is 2.71 bits per heavy atom. The summed E-state index contributed by atoms with van der Waals surface area (Å²) in [6.45, 7) is 4.23. The average Bonchev–Trinajstić information content (AvgIpc) is 2.57. The van der Waals surface area contributed by atoms with Gasteiger partial charge in [0.05, 0.1) is 11.4 Å². The number of hydrogen-bond acceptors (Lipinski definition) is 2. The Bertz CT molecular complexity index is 514. The SMILES string of the molecule is Cc1nn(-c2ccccc2)c2c1CCNCC2. The first-order valence-electron chi connectivity index (χ1n) is 6.20. The van der Waals surface area contributed by atoms with E-state index in [1.807, 2.05) is 6.07 Å². The van der Waals surface area contributed by atoms with Gasteiger partial charge < -0.3 is 5.32 Å². The van der Waals surface area contributed by atoms with Gasteiger partial charge in [0.1, 0.15) is 0 Å². The largest absolute Gasteiger partial charge is 0.316 e. The van der Waals surface area contributed by atoms with Crippen molar-refractivity contribution in [1.82, 2.24) is 15.1 Å². The lowest BCUT2D eigenvalue weighted by molar-refractivity contribution is 0.688. The van der Waals surface area contributed by atoms with E-state index in [1.165, 1.54) is 22.6 Å². The number of fused-ring (bicyclic) bond motifs is 1. The fraction of sp³-hybridized carbons (Fsp3) is 0.357. The van der Waals surface area contributed by atoms with Crippen LogP contribution in [0.25, 0.3) is 5.69 Å². The lowest BCUT2D eigenvalue weighted by atomic mass is 10.1. The van der Waals surface area contributed by atoms with E-state index >= 15 is 0 Å². The average molecular weight is 227 g/mol. The van der Waals surface area contributed by atoms with E-state index < -0.39 is 0 Å². The molecule has 1 N–H and O–H groups in total. The molecule has 0 amide bonds. The molecule has 3 heteroatoms. The fourth-order valence-corrected chi connectivity index (χ4v) is 2.52. The lowest BCUT2D eigenvalue weighted by Crippen LogP contribution is -2.17. The van der Waals surface area contributed by atoms with Crippen molar-refractivity contribution in [2.24, 2.45) is 0 Å². The Hall–Kier alpha value is -1.61. The third-order valence-electron chi connectivity index (χ3n) is 3.38. The summed E-state index contributed by atoms with van der Waals surface area (Å²) < 4.78 is 2.11. The van der Waals surface area contributed by atoms with Crippen LogP contribution in [0.4, 0.5) is 0 Å². The summed E-state index contributed by atoms with van der Waals surface area (Å²) >= 11 is 0. The topological polar surface area (TPSA) is 29.9 Å². The molecule has 0 unspecified atom stereocenters. The van der Waals surface area contributed by atoms with Crippen LogP contribution in [-0.4, -0.2) is 22.9 Å². The van der Waals surface area contributed by atoms with Gasteiger partial charge >= 0.3 is 0 Å². The zero-order valence-corrected chi connectivity index (χ0v) is 10.1. The van der Waals surface area contributed by atoms with Crippen LogP contribution >= 0.6 is 0 Å². The molecule has 3 nitrogen and oxygen atoms in total. The van der Waals surface area contributed by atoms with Crippen LogP contribution in [0.1, 0.15) is 17.0 Å². The Labute approximate surface area is 101 Å². The summed E-state index contributed by atoms with van der Waals surface area (Å²) in [6.07, 6.45) is 2.15. The van der Waals surface area contributed by atoms with Crippen molar-refractivity contribution in [3.8, 4) is 5.69 Å². The van der Waals surface area contributed by atoms with Crippen molar-refractivity contribution in [3.05, 3.63) is 47.3 Å². The van der Waals surface area contributed by atoms with Crippen molar-refractivity contribution in [3.63, 3.8) is 0 Å². The molecule has 0 spiro atoms. The second kappa shape index (κ2) is 4.34. The van der Waals surface area contributed by atoms with Gasteiger partial charge in [-0.2, -0.15) is 5.10 Å². The summed E-state index contributed by atoms with van der Waals surface area (Å²) in [5.74, 6) is 0. The highest BCUT2D eigenvalue weighted by molar-refractivity contribution is 5.38. The molecule has 88 valence electrons. The molecule has 3 rings (SSSR count). The van der Waals surface area contributed by atoms with Gasteiger partial charge in [0.15, 0.2) is 0 Å². The third-order valence-corrected chi connectivity index (χ3v) is 3.38. The molecule has 0 saturated heterocycles. The van der Waals surface area contributed by atoms with Gasteiger partial charge in [-0.05, 0) is 37.6 Å². The maximum Gasteiger partial charge on any atom is 0.0649 e. The van der Waals surface area contributed by atoms with E-state index in [-0.39, 0.29) is 0 Å². The molecule has 0 aliphatic carbocycles. The van der Waals surface area contributed by atoms with Crippen LogP contribution in [0.15, 0.2) is 30.3 Å². The maximum atomic E-state index is 4.69. The van der Waals surface area contributed by atoms with E-state index in [4.69, 9.17) is 5.10 Å². The van der Waals surface area contributed by atoms with Crippen LogP contribution in [0.2, 0.25) is 0 Å². The van der Waals surface area contributed by atoms with Gasteiger partial charge in [-0.15, -0.1) is 0 Å². The molecule has 0 radical (unpaired) electrons. The number of aromatic nitrogens is 2. The summed E-state index contributed by atoms with van der Waals surface area (Å²) in [5.41, 5.74) is 5.14. The van der Waals surface area contributed by atoms with Crippen molar-refractivity contribution >= 4 is 0 Å². The Morgan fingerprint density at radius 2 is 1.88 bits per heavy atom. The second-order valence-corrected chi connectivity index (χ2v) is 4.51. The smallest absolute Gasteiger partial charge is 0.0649 e. The van der Waals surface area contributed by atoms with Gasteiger partial charge in [-0.25, -0.2) is 4.68 Å². The number of nitrogens with one attached hydrogen (secondary N) is 1. The number of aryl methyl sites for hydroxylation is 1. The Balaban J connectivity index is 2.12. The molecule has 1 aromatic heterocycles. The van der Waals surface area contributed by atoms with Crippen molar-refractivity contribution in [1.29, 1.82) is 0 Å². The number of nitrogens with zero attached hydrogens (tertiary/aromatic N) is 2. The molecule has 2 heterocycles. The van der Waals surface area contributed by atoms with E-state index in [9.17, 15) is 0 Å². The molecule has 1 aliphatic rings. The third kappa shape index (κ3) is 1.87. The maximum absolute atomic E-state index is 4.69. The molecule has 1 aliphatic heterocycles. The number of para-hydroxylation sites is 1. The Kier molecular flexibility index (Phi) is 2.69. The minimum atomic E-state index is 1.05. The first-order valence-corrected chi connectivity index (χ1v) is 6.20. The van der Waals surface area contributed by atoms with Crippen LogP contribution < -0.4 is 5.32 Å². The van der Waals surface area contributed by atoms with E-state index in [1.54, 1.807) is 0 Å². The quantitative estimate of drug-likeness (QED) is 0.806. The second-order valence-electron chi connectivity index (χ2n) is 4.51. The molecule has 0 saturated carbocycles. The van der Waals surface area contributed by atoms with Gasteiger partial charge in [-0.3, -0.25) is 0 Å². The highest BCUT2D eigenvalue weighted by Crippen LogP contribution is 2.20. The molecular weight excluding hydrogens is 210 g/mol. The fourth-order valence-electron chi connectivity index (χ4n) is 2.52. The minimum absolute atomic E-state index is 1.05. The van der Waals surface area contributed by atoms with Crippen molar-refractivity contribution in [2.45, 2.75) is 19.8 Å². The monoisotopic (exact) mass is 227 g/mol.